The fraction of sp³-hybridized carbons (Fsp3) is 0.778. The number of rotatable bonds is 27. The summed E-state index contributed by atoms with van der Waals surface area (Å²) < 4.78 is 2.58. The third kappa shape index (κ3) is 16.9. The quantitative estimate of drug-likeness (QED) is 0.0808. The van der Waals surface area contributed by atoms with Crippen LogP contribution in [0.15, 0.2) is 19.7 Å². The summed E-state index contributed by atoms with van der Waals surface area (Å²) in [4.78, 5) is 3.05. The minimum Gasteiger partial charge on any atom is -0.127 e. The second-order valence-corrected chi connectivity index (χ2v) is 17.0. The zero-order valence-corrected chi connectivity index (χ0v) is 30.9. The van der Waals surface area contributed by atoms with Crippen LogP contribution in [0.1, 0.15) is 179 Å². The van der Waals surface area contributed by atoms with Crippen molar-refractivity contribution >= 4 is 54.5 Å². The summed E-state index contributed by atoms with van der Waals surface area (Å²) in [7, 11) is 0. The first-order valence-electron chi connectivity index (χ1n) is 17.2. The van der Waals surface area contributed by atoms with Crippen LogP contribution in [-0.2, 0) is 12.8 Å². The van der Waals surface area contributed by atoms with Gasteiger partial charge in [-0.05, 0) is 80.8 Å². The molecule has 0 aromatic carbocycles. The lowest BCUT2D eigenvalue weighted by molar-refractivity contribution is 0.544. The molecular formula is C36H60Br2S2. The average molecular weight is 717 g/mol. The lowest BCUT2D eigenvalue weighted by Gasteiger charge is -2.07. The van der Waals surface area contributed by atoms with Crippen LogP contribution in [0.25, 0.3) is 9.75 Å². The van der Waals surface area contributed by atoms with Crippen LogP contribution >= 0.6 is 54.5 Å². The molecule has 0 aliphatic heterocycles. The molecule has 0 amide bonds. The van der Waals surface area contributed by atoms with Crippen LogP contribution in [0.3, 0.4) is 0 Å². The molecule has 40 heavy (non-hydrogen) atoms. The Balaban J connectivity index is 1.63. The molecule has 2 aromatic rings. The van der Waals surface area contributed by atoms with Gasteiger partial charge in [0.1, 0.15) is 0 Å². The smallest absolute Gasteiger partial charge is 0.0708 e. The zero-order chi connectivity index (χ0) is 28.7. The molecule has 0 bridgehead atoms. The normalized spacial score (nSPS) is 11.6. The van der Waals surface area contributed by atoms with Crippen molar-refractivity contribution < 1.29 is 0 Å². The van der Waals surface area contributed by atoms with Gasteiger partial charge in [0.05, 0.1) is 7.57 Å². The molecule has 0 radical (unpaired) electrons. The number of unbranched alkanes of at least 4 members (excludes halogenated alkanes) is 22. The van der Waals surface area contributed by atoms with Gasteiger partial charge in [0, 0.05) is 9.75 Å². The van der Waals surface area contributed by atoms with E-state index in [1.54, 1.807) is 11.1 Å². The fourth-order valence-corrected chi connectivity index (χ4v) is 9.46. The Kier molecular flexibility index (Phi) is 22.6. The second-order valence-electron chi connectivity index (χ2n) is 12.1. The van der Waals surface area contributed by atoms with Crippen molar-refractivity contribution in [1.82, 2.24) is 0 Å². The van der Waals surface area contributed by atoms with E-state index in [-0.39, 0.29) is 0 Å². The Bertz CT molecular complexity index is 783. The van der Waals surface area contributed by atoms with Gasteiger partial charge in [-0.15, -0.1) is 22.7 Å². The molecule has 2 aromatic heterocycles. The maximum atomic E-state index is 3.82. The van der Waals surface area contributed by atoms with Crippen LogP contribution in [0.4, 0.5) is 0 Å². The van der Waals surface area contributed by atoms with Gasteiger partial charge in [-0.1, -0.05) is 155 Å². The van der Waals surface area contributed by atoms with Crippen LogP contribution in [0, 0.1) is 0 Å². The summed E-state index contributed by atoms with van der Waals surface area (Å²) in [5.41, 5.74) is 3.13. The second kappa shape index (κ2) is 24.8. The van der Waals surface area contributed by atoms with E-state index >= 15 is 0 Å². The SMILES string of the molecule is CCCCCCCCCCCCCCc1cc(Br)sc1-c1sc(Br)cc1CCCCCCCCCCCCCC. The van der Waals surface area contributed by atoms with Crippen molar-refractivity contribution in [1.29, 1.82) is 0 Å². The molecule has 0 unspecified atom stereocenters. The van der Waals surface area contributed by atoms with Crippen molar-refractivity contribution in [3.63, 3.8) is 0 Å². The molecule has 230 valence electrons. The first kappa shape index (κ1) is 36.6. The summed E-state index contributed by atoms with van der Waals surface area (Å²) in [5, 5.41) is 0. The maximum absolute atomic E-state index is 3.82. The number of hydrogen-bond acceptors (Lipinski definition) is 2. The van der Waals surface area contributed by atoms with E-state index in [1.807, 2.05) is 22.7 Å². The van der Waals surface area contributed by atoms with Gasteiger partial charge in [0.15, 0.2) is 0 Å². The van der Waals surface area contributed by atoms with Crippen LogP contribution in [0.2, 0.25) is 0 Å². The molecule has 0 aliphatic rings. The van der Waals surface area contributed by atoms with Crippen molar-refractivity contribution in [2.45, 2.75) is 181 Å². The third-order valence-electron chi connectivity index (χ3n) is 8.36. The molecule has 2 heterocycles. The molecule has 0 N–H and O–H groups in total. The van der Waals surface area contributed by atoms with Gasteiger partial charge in [-0.3, -0.25) is 0 Å². The van der Waals surface area contributed by atoms with Gasteiger partial charge >= 0.3 is 0 Å². The summed E-state index contributed by atoms with van der Waals surface area (Å²) in [6, 6.07) is 4.81. The molecule has 0 atom stereocenters. The van der Waals surface area contributed by atoms with E-state index in [2.05, 4.69) is 57.8 Å². The van der Waals surface area contributed by atoms with E-state index in [1.165, 1.54) is 184 Å². The van der Waals surface area contributed by atoms with Gasteiger partial charge in [-0.2, -0.15) is 0 Å². The number of hydrogen-bond donors (Lipinski definition) is 0. The molecule has 0 spiro atoms. The Hall–Kier alpha value is 0.360. The molecule has 0 saturated carbocycles. The first-order valence-corrected chi connectivity index (χ1v) is 20.4. The van der Waals surface area contributed by atoms with Gasteiger partial charge < -0.3 is 0 Å². The third-order valence-corrected chi connectivity index (χ3v) is 11.9. The molecule has 0 saturated heterocycles. The maximum Gasteiger partial charge on any atom is 0.0708 e. The highest BCUT2D eigenvalue weighted by Crippen LogP contribution is 2.44. The lowest BCUT2D eigenvalue weighted by Crippen LogP contribution is -1.90. The molecule has 4 heteroatoms. The molecular weight excluding hydrogens is 656 g/mol. The van der Waals surface area contributed by atoms with E-state index < -0.39 is 0 Å². The zero-order valence-electron chi connectivity index (χ0n) is 26.1. The van der Waals surface area contributed by atoms with Crippen LogP contribution in [0.5, 0.6) is 0 Å². The predicted molar refractivity (Wildman–Crippen MR) is 193 cm³/mol. The largest absolute Gasteiger partial charge is 0.127 e. The number of halogens is 2. The molecule has 0 fully saturated rings. The van der Waals surface area contributed by atoms with Gasteiger partial charge in [0.25, 0.3) is 0 Å². The van der Waals surface area contributed by atoms with Gasteiger partial charge in [0.2, 0.25) is 0 Å². The Morgan fingerprint density at radius 3 is 0.925 bits per heavy atom. The Morgan fingerprint density at radius 1 is 0.400 bits per heavy atom. The minimum atomic E-state index is 1.22. The summed E-state index contributed by atoms with van der Waals surface area (Å²) >= 11 is 11.5. The highest BCUT2D eigenvalue weighted by Gasteiger charge is 2.16. The minimum absolute atomic E-state index is 1.22. The average Bonchev–Trinajstić information content (AvgIpc) is 3.50. The first-order chi connectivity index (χ1) is 19.7. The summed E-state index contributed by atoms with van der Waals surface area (Å²) in [6.45, 7) is 4.61. The van der Waals surface area contributed by atoms with E-state index in [0.717, 1.165) is 0 Å². The van der Waals surface area contributed by atoms with E-state index in [0.29, 0.717) is 0 Å². The molecule has 0 nitrogen and oxygen atoms in total. The van der Waals surface area contributed by atoms with E-state index in [9.17, 15) is 0 Å². The monoisotopic (exact) mass is 714 g/mol. The lowest BCUT2D eigenvalue weighted by atomic mass is 10.0. The van der Waals surface area contributed by atoms with Crippen LogP contribution < -0.4 is 0 Å². The molecule has 2 rings (SSSR count). The van der Waals surface area contributed by atoms with Crippen molar-refractivity contribution in [2.75, 3.05) is 0 Å². The highest BCUT2D eigenvalue weighted by molar-refractivity contribution is 9.11. The standard InChI is InChI=1S/C36H60Br2S2/c1-3-5-7-9-11-13-15-17-19-21-23-25-27-31-29-33(37)39-35(31)36-32(30-34(38)40-36)28-26-24-22-20-18-16-14-12-10-8-6-4-2/h29-30H,3-28H2,1-2H3. The number of aryl methyl sites for hydroxylation is 2. The van der Waals surface area contributed by atoms with Gasteiger partial charge in [-0.25, -0.2) is 0 Å². The van der Waals surface area contributed by atoms with E-state index in [4.69, 9.17) is 0 Å². The molecule has 0 aliphatic carbocycles. The predicted octanol–water partition coefficient (Wildman–Crippen LogP) is 15.5. The van der Waals surface area contributed by atoms with Crippen molar-refractivity contribution in [3.05, 3.63) is 30.8 Å². The van der Waals surface area contributed by atoms with Crippen LogP contribution in [-0.4, -0.2) is 0 Å². The highest BCUT2D eigenvalue weighted by atomic mass is 79.9. The summed E-state index contributed by atoms with van der Waals surface area (Å²) in [6.07, 6.45) is 36.5. The number of thiophene rings is 2. The Morgan fingerprint density at radius 2 is 0.650 bits per heavy atom. The van der Waals surface area contributed by atoms with Crippen molar-refractivity contribution in [2.24, 2.45) is 0 Å². The summed E-state index contributed by atoms with van der Waals surface area (Å²) in [5.74, 6) is 0. The Labute approximate surface area is 274 Å². The fourth-order valence-electron chi connectivity index (χ4n) is 5.86. The topological polar surface area (TPSA) is 0 Å². The van der Waals surface area contributed by atoms with Crippen molar-refractivity contribution in [3.8, 4) is 9.75 Å².